The van der Waals surface area contributed by atoms with Crippen LogP contribution in [0.25, 0.3) is 11.0 Å². The molecule has 0 radical (unpaired) electrons. The van der Waals surface area contributed by atoms with Crippen LogP contribution in [0.1, 0.15) is 16.1 Å². The predicted octanol–water partition coefficient (Wildman–Crippen LogP) is 1.04. The second-order valence-electron chi connectivity index (χ2n) is 4.95. The molecule has 0 aliphatic carbocycles. The molecule has 0 unspecified atom stereocenters. The van der Waals surface area contributed by atoms with Crippen LogP contribution < -0.4 is 10.8 Å². The molecule has 0 aliphatic rings. The van der Waals surface area contributed by atoms with Gasteiger partial charge in [-0.25, -0.2) is 0 Å². The Morgan fingerprint density at radius 2 is 1.82 bits per heavy atom. The van der Waals surface area contributed by atoms with Gasteiger partial charge in [-0.2, -0.15) is 0 Å². The van der Waals surface area contributed by atoms with Gasteiger partial charge in [-0.05, 0) is 23.2 Å². The highest BCUT2D eigenvalue weighted by atomic mass is 16.4. The standard InChI is InChI=1S/C16H14BNO4/c19-16(15-9-12-3-1-2-4-14(12)22-15)18-10-11-5-7-13(8-6-11)17(20)21/h1-9,20-21H,10H2,(H,18,19). The largest absolute Gasteiger partial charge is 0.488 e. The van der Waals surface area contributed by atoms with E-state index in [0.717, 1.165) is 10.9 Å². The smallest absolute Gasteiger partial charge is 0.451 e. The average Bonchev–Trinajstić information content (AvgIpc) is 2.97. The van der Waals surface area contributed by atoms with E-state index in [1.807, 2.05) is 24.3 Å². The first kappa shape index (κ1) is 14.4. The zero-order chi connectivity index (χ0) is 15.5. The van der Waals surface area contributed by atoms with Crippen LogP contribution in [0.5, 0.6) is 0 Å². The third kappa shape index (κ3) is 3.03. The van der Waals surface area contributed by atoms with Crippen molar-refractivity contribution in [2.75, 3.05) is 0 Å². The number of fused-ring (bicyclic) bond motifs is 1. The summed E-state index contributed by atoms with van der Waals surface area (Å²) in [6, 6.07) is 15.8. The summed E-state index contributed by atoms with van der Waals surface area (Å²) in [6.45, 7) is 0.331. The topological polar surface area (TPSA) is 82.7 Å². The molecular weight excluding hydrogens is 281 g/mol. The van der Waals surface area contributed by atoms with Gasteiger partial charge < -0.3 is 19.8 Å². The normalized spacial score (nSPS) is 10.6. The van der Waals surface area contributed by atoms with Crippen molar-refractivity contribution >= 4 is 29.5 Å². The molecule has 0 saturated heterocycles. The number of benzene rings is 2. The Morgan fingerprint density at radius 1 is 1.09 bits per heavy atom. The summed E-state index contributed by atoms with van der Waals surface area (Å²) in [5.74, 6) is -0.0222. The van der Waals surface area contributed by atoms with E-state index < -0.39 is 7.12 Å². The lowest BCUT2D eigenvalue weighted by Gasteiger charge is -2.05. The summed E-state index contributed by atoms with van der Waals surface area (Å²) in [7, 11) is -1.49. The number of carbonyl (C=O) groups is 1. The molecule has 3 rings (SSSR count). The molecule has 0 fully saturated rings. The van der Waals surface area contributed by atoms with Crippen LogP contribution in [0.15, 0.2) is 59.0 Å². The fraction of sp³-hybridized carbons (Fsp3) is 0.0625. The van der Waals surface area contributed by atoms with Gasteiger partial charge in [0.1, 0.15) is 5.58 Å². The Hall–Kier alpha value is -2.57. The number of nitrogens with one attached hydrogen (secondary N) is 1. The third-order valence-electron chi connectivity index (χ3n) is 3.38. The first-order valence-corrected chi connectivity index (χ1v) is 6.85. The van der Waals surface area contributed by atoms with Crippen LogP contribution in [-0.2, 0) is 6.54 Å². The van der Waals surface area contributed by atoms with Crippen LogP contribution >= 0.6 is 0 Å². The second-order valence-corrected chi connectivity index (χ2v) is 4.95. The first-order valence-electron chi connectivity index (χ1n) is 6.85. The number of furan rings is 1. The summed E-state index contributed by atoms with van der Waals surface area (Å²) >= 11 is 0. The van der Waals surface area contributed by atoms with Crippen LogP contribution in [0, 0.1) is 0 Å². The fourth-order valence-corrected chi connectivity index (χ4v) is 2.17. The molecular formula is C16H14BNO4. The summed E-state index contributed by atoms with van der Waals surface area (Å²) in [6.07, 6.45) is 0. The van der Waals surface area contributed by atoms with Gasteiger partial charge >= 0.3 is 7.12 Å². The Labute approximate surface area is 127 Å². The van der Waals surface area contributed by atoms with E-state index in [1.54, 1.807) is 30.3 Å². The van der Waals surface area contributed by atoms with E-state index in [4.69, 9.17) is 14.5 Å². The summed E-state index contributed by atoms with van der Waals surface area (Å²) in [5.41, 5.74) is 1.94. The van der Waals surface area contributed by atoms with Gasteiger partial charge in [0.2, 0.25) is 0 Å². The second kappa shape index (κ2) is 6.05. The number of amides is 1. The van der Waals surface area contributed by atoms with E-state index in [1.165, 1.54) is 0 Å². The molecule has 0 atom stereocenters. The zero-order valence-electron chi connectivity index (χ0n) is 11.7. The summed E-state index contributed by atoms with van der Waals surface area (Å²) in [4.78, 5) is 12.1. The van der Waals surface area contributed by atoms with Gasteiger partial charge in [-0.1, -0.05) is 42.5 Å². The van der Waals surface area contributed by atoms with Crippen molar-refractivity contribution < 1.29 is 19.3 Å². The molecule has 5 nitrogen and oxygen atoms in total. The van der Waals surface area contributed by atoms with E-state index in [9.17, 15) is 4.79 Å². The van der Waals surface area contributed by atoms with Gasteiger partial charge in [0.25, 0.3) is 5.91 Å². The number of hydrogen-bond donors (Lipinski definition) is 3. The van der Waals surface area contributed by atoms with Crippen LogP contribution in [-0.4, -0.2) is 23.1 Å². The van der Waals surface area contributed by atoms with Gasteiger partial charge in [0, 0.05) is 11.9 Å². The minimum Gasteiger partial charge on any atom is -0.451 e. The van der Waals surface area contributed by atoms with Crippen molar-refractivity contribution in [3.63, 3.8) is 0 Å². The number of para-hydroxylation sites is 1. The van der Waals surface area contributed by atoms with E-state index in [0.29, 0.717) is 17.6 Å². The van der Waals surface area contributed by atoms with Gasteiger partial charge in [0.05, 0.1) is 0 Å². The minimum atomic E-state index is -1.49. The molecule has 0 spiro atoms. The van der Waals surface area contributed by atoms with Gasteiger partial charge in [-0.15, -0.1) is 0 Å². The third-order valence-corrected chi connectivity index (χ3v) is 3.38. The van der Waals surface area contributed by atoms with Crippen LogP contribution in [0.3, 0.4) is 0 Å². The number of carbonyl (C=O) groups excluding carboxylic acids is 1. The molecule has 1 aromatic heterocycles. The Kier molecular flexibility index (Phi) is 3.95. The van der Waals surface area contributed by atoms with Gasteiger partial charge in [0.15, 0.2) is 5.76 Å². The lowest BCUT2D eigenvalue weighted by Crippen LogP contribution is -2.29. The maximum absolute atomic E-state index is 12.1. The lowest BCUT2D eigenvalue weighted by atomic mass is 9.80. The van der Waals surface area contributed by atoms with Crippen molar-refractivity contribution in [3.8, 4) is 0 Å². The highest BCUT2D eigenvalue weighted by Crippen LogP contribution is 2.18. The van der Waals surface area contributed by atoms with Crippen molar-refractivity contribution in [3.05, 3.63) is 65.9 Å². The minimum absolute atomic E-state index is 0.267. The summed E-state index contributed by atoms with van der Waals surface area (Å²) in [5, 5.41) is 21.7. The molecule has 110 valence electrons. The Morgan fingerprint density at radius 3 is 2.50 bits per heavy atom. The number of hydrogen-bond acceptors (Lipinski definition) is 4. The van der Waals surface area contributed by atoms with Crippen molar-refractivity contribution in [2.45, 2.75) is 6.54 Å². The molecule has 22 heavy (non-hydrogen) atoms. The molecule has 0 saturated carbocycles. The lowest BCUT2D eigenvalue weighted by molar-refractivity contribution is 0.0925. The molecule has 2 aromatic carbocycles. The highest BCUT2D eigenvalue weighted by Gasteiger charge is 2.12. The first-order chi connectivity index (χ1) is 10.6. The monoisotopic (exact) mass is 295 g/mol. The van der Waals surface area contributed by atoms with Crippen molar-refractivity contribution in [2.24, 2.45) is 0 Å². The van der Waals surface area contributed by atoms with Crippen molar-refractivity contribution in [1.82, 2.24) is 5.32 Å². The molecule has 0 aliphatic heterocycles. The molecule has 6 heteroatoms. The highest BCUT2D eigenvalue weighted by molar-refractivity contribution is 6.58. The summed E-state index contributed by atoms with van der Waals surface area (Å²) < 4.78 is 5.49. The Bertz CT molecular complexity index is 762. The zero-order valence-corrected chi connectivity index (χ0v) is 11.7. The maximum atomic E-state index is 12.1. The SMILES string of the molecule is O=C(NCc1ccc(B(O)O)cc1)c1cc2ccccc2o1. The van der Waals surface area contributed by atoms with Crippen LogP contribution in [0.4, 0.5) is 0 Å². The molecule has 1 amide bonds. The fourth-order valence-electron chi connectivity index (χ4n) is 2.17. The average molecular weight is 295 g/mol. The van der Waals surface area contributed by atoms with E-state index in [-0.39, 0.29) is 11.7 Å². The molecule has 1 heterocycles. The maximum Gasteiger partial charge on any atom is 0.488 e. The predicted molar refractivity (Wildman–Crippen MR) is 83.7 cm³/mol. The van der Waals surface area contributed by atoms with E-state index in [2.05, 4.69) is 5.32 Å². The van der Waals surface area contributed by atoms with Gasteiger partial charge in [-0.3, -0.25) is 4.79 Å². The number of rotatable bonds is 4. The quantitative estimate of drug-likeness (QED) is 0.628. The molecule has 3 N–H and O–H groups in total. The van der Waals surface area contributed by atoms with E-state index >= 15 is 0 Å². The van der Waals surface area contributed by atoms with Crippen LogP contribution in [0.2, 0.25) is 0 Å². The molecule has 0 bridgehead atoms. The molecule has 3 aromatic rings. The van der Waals surface area contributed by atoms with Crippen molar-refractivity contribution in [1.29, 1.82) is 0 Å². The Balaban J connectivity index is 1.66.